The summed E-state index contributed by atoms with van der Waals surface area (Å²) in [4.78, 5) is 68.1. The molecule has 3 heterocycles. The Kier molecular flexibility index (Phi) is 5.35. The zero-order valence-corrected chi connectivity index (χ0v) is 25.9. The van der Waals surface area contributed by atoms with Crippen LogP contribution in [0.3, 0.4) is 0 Å². The van der Waals surface area contributed by atoms with E-state index in [1.54, 1.807) is 13.8 Å². The lowest BCUT2D eigenvalue weighted by Crippen LogP contribution is -2.72. The van der Waals surface area contributed by atoms with Crippen LogP contribution in [0.1, 0.15) is 61.3 Å². The minimum absolute atomic E-state index is 0.0899. The number of ether oxygens (including phenoxy) is 5. The molecule has 240 valence electrons. The van der Waals surface area contributed by atoms with E-state index in [1.165, 1.54) is 20.8 Å². The number of carbonyl (C=O) groups excluding carboxylic acids is 5. The van der Waals surface area contributed by atoms with E-state index >= 15 is 4.79 Å². The summed E-state index contributed by atoms with van der Waals surface area (Å²) in [6.07, 6.45) is -3.75. The second kappa shape index (κ2) is 8.11. The third kappa shape index (κ3) is 2.90. The summed E-state index contributed by atoms with van der Waals surface area (Å²) in [6, 6.07) is 0. The van der Waals surface area contributed by atoms with E-state index in [1.807, 2.05) is 13.8 Å². The molecule has 8 rings (SSSR count). The van der Waals surface area contributed by atoms with Gasteiger partial charge in [-0.2, -0.15) is 0 Å². The quantitative estimate of drug-likeness (QED) is 0.253. The standard InChI is InChI=1S/C32H40O12/c1-10-17-20(30(6)31(7,39)27(38)44-32(30)25(10)43-32)23(37)18-16-19(24(40-11(2)33)26(29(17,18)5)41-12(3)34)28(4)9-15-14(42-15)8-13(28)21(35)22(16)36/h10,13-20,22,24-26,36,39H,8-9H2,1-7H3/t10-,13+,14-,15+,16?,17-,18+,19?,20?,22+,24-,25+,26-,28-,29+,30?,31+,32-/m0/s1. The molecule has 1 spiro atoms. The molecule has 4 unspecified atom stereocenters. The van der Waals surface area contributed by atoms with Gasteiger partial charge in [-0.05, 0) is 43.9 Å². The van der Waals surface area contributed by atoms with Gasteiger partial charge in [0.05, 0.1) is 17.6 Å². The van der Waals surface area contributed by atoms with Gasteiger partial charge < -0.3 is 33.9 Å². The van der Waals surface area contributed by atoms with Crippen LogP contribution in [0.5, 0.6) is 0 Å². The molecule has 12 heteroatoms. The van der Waals surface area contributed by atoms with Gasteiger partial charge in [-0.25, -0.2) is 4.79 Å². The monoisotopic (exact) mass is 616 g/mol. The molecule has 3 saturated heterocycles. The van der Waals surface area contributed by atoms with Crippen molar-refractivity contribution >= 4 is 29.5 Å². The molecular formula is C32H40O12. The highest BCUT2D eigenvalue weighted by Gasteiger charge is 2.93. The number of Topliss-reactive ketones (excluding diaryl/α,β-unsaturated/α-hetero) is 2. The van der Waals surface area contributed by atoms with Crippen LogP contribution in [-0.4, -0.2) is 87.7 Å². The predicted octanol–water partition coefficient (Wildman–Crippen LogP) is 0.720. The number of epoxide rings is 2. The molecule has 18 atom stereocenters. The molecule has 3 aliphatic heterocycles. The maximum Gasteiger partial charge on any atom is 0.341 e. The summed E-state index contributed by atoms with van der Waals surface area (Å²) in [5, 5.41) is 23.7. The highest BCUT2D eigenvalue weighted by Crippen LogP contribution is 2.79. The van der Waals surface area contributed by atoms with Gasteiger partial charge in [0.25, 0.3) is 5.79 Å². The summed E-state index contributed by atoms with van der Waals surface area (Å²) in [5.41, 5.74) is -5.75. The van der Waals surface area contributed by atoms with Gasteiger partial charge in [-0.1, -0.05) is 20.8 Å². The number of esters is 3. The van der Waals surface area contributed by atoms with Crippen molar-refractivity contribution in [2.45, 2.75) is 109 Å². The Hall–Kier alpha value is -2.41. The van der Waals surface area contributed by atoms with Crippen molar-refractivity contribution < 1.29 is 57.9 Å². The Labute approximate surface area is 254 Å². The van der Waals surface area contributed by atoms with Crippen molar-refractivity contribution in [3.63, 3.8) is 0 Å². The lowest BCUT2D eigenvalue weighted by atomic mass is 9.41. The first-order chi connectivity index (χ1) is 20.4. The van der Waals surface area contributed by atoms with Gasteiger partial charge in [-0.15, -0.1) is 0 Å². The third-order valence-electron chi connectivity index (χ3n) is 14.0. The predicted molar refractivity (Wildman–Crippen MR) is 144 cm³/mol. The fourth-order valence-electron chi connectivity index (χ4n) is 12.1. The van der Waals surface area contributed by atoms with Gasteiger partial charge in [-0.3, -0.25) is 19.2 Å². The summed E-state index contributed by atoms with van der Waals surface area (Å²) >= 11 is 0. The van der Waals surface area contributed by atoms with E-state index in [-0.39, 0.29) is 23.8 Å². The smallest absolute Gasteiger partial charge is 0.341 e. The Morgan fingerprint density at radius 3 is 2.23 bits per heavy atom. The number of hydrogen-bond acceptors (Lipinski definition) is 12. The normalized spacial score (nSPS) is 60.8. The van der Waals surface area contributed by atoms with Crippen LogP contribution in [0.2, 0.25) is 0 Å². The molecule has 0 aromatic heterocycles. The van der Waals surface area contributed by atoms with Crippen molar-refractivity contribution in [2.24, 2.45) is 57.7 Å². The Bertz CT molecular complexity index is 1440. The molecule has 12 nitrogen and oxygen atoms in total. The fraction of sp³-hybridized carbons (Fsp3) is 0.844. The molecule has 8 fully saturated rings. The zero-order chi connectivity index (χ0) is 31.8. The first kappa shape index (κ1) is 29.0. The number of fused-ring (bicyclic) bond motifs is 9. The highest BCUT2D eigenvalue weighted by atomic mass is 16.8. The minimum Gasteiger partial charge on any atom is -0.458 e. The topological polar surface area (TPSA) is 179 Å². The van der Waals surface area contributed by atoms with E-state index < -0.39 is 111 Å². The minimum atomic E-state index is -2.10. The number of aliphatic hydroxyl groups is 2. The van der Waals surface area contributed by atoms with Crippen LogP contribution in [-0.2, 0) is 47.7 Å². The van der Waals surface area contributed by atoms with Gasteiger partial charge in [0.15, 0.2) is 11.4 Å². The number of hydrogen-bond donors (Lipinski definition) is 2. The highest BCUT2D eigenvalue weighted by molar-refractivity contribution is 5.95. The summed E-state index contributed by atoms with van der Waals surface area (Å²) in [7, 11) is 0. The van der Waals surface area contributed by atoms with Gasteiger partial charge in [0, 0.05) is 48.9 Å². The second-order valence-corrected chi connectivity index (χ2v) is 15.7. The Morgan fingerprint density at radius 1 is 0.932 bits per heavy atom. The molecule has 0 radical (unpaired) electrons. The molecule has 0 amide bonds. The van der Waals surface area contributed by atoms with Crippen LogP contribution in [0.4, 0.5) is 0 Å². The van der Waals surface area contributed by atoms with E-state index in [2.05, 4.69) is 0 Å². The van der Waals surface area contributed by atoms with Crippen LogP contribution in [0.15, 0.2) is 0 Å². The molecule has 2 N–H and O–H groups in total. The second-order valence-electron chi connectivity index (χ2n) is 15.7. The van der Waals surface area contributed by atoms with Crippen LogP contribution >= 0.6 is 0 Å². The van der Waals surface area contributed by atoms with E-state index in [4.69, 9.17) is 23.7 Å². The van der Waals surface area contributed by atoms with Crippen molar-refractivity contribution in [1.82, 2.24) is 0 Å². The SMILES string of the molecule is CC(=O)O[C@H]1C2C([C@@H](O)C(=O)[C@H]3C[C@@H]4O[C@@H]4C[C@]23C)[C@@H]2C(=O)C3[C@H]([C@H](C)[C@H]4O[C@]45OC(=O)[C@@](C)(O)C35C)[C@@]2(C)[C@H]1OC(C)=O. The molecule has 0 bridgehead atoms. The fourth-order valence-corrected chi connectivity index (χ4v) is 12.1. The summed E-state index contributed by atoms with van der Waals surface area (Å²) in [5.74, 6) is -9.86. The van der Waals surface area contributed by atoms with Crippen molar-refractivity contribution in [1.29, 1.82) is 0 Å². The molecule has 0 aromatic carbocycles. The Balaban J connectivity index is 1.37. The Morgan fingerprint density at radius 2 is 1.59 bits per heavy atom. The third-order valence-corrected chi connectivity index (χ3v) is 14.0. The molecular weight excluding hydrogens is 576 g/mol. The van der Waals surface area contributed by atoms with Crippen molar-refractivity contribution in [3.05, 3.63) is 0 Å². The zero-order valence-electron chi connectivity index (χ0n) is 25.9. The molecule has 8 aliphatic rings. The molecule has 44 heavy (non-hydrogen) atoms. The average molecular weight is 617 g/mol. The summed E-state index contributed by atoms with van der Waals surface area (Å²) < 4.78 is 29.9. The maximum atomic E-state index is 15.2. The first-order valence-corrected chi connectivity index (χ1v) is 15.8. The van der Waals surface area contributed by atoms with Crippen LogP contribution in [0, 0.1) is 57.7 Å². The van der Waals surface area contributed by atoms with Gasteiger partial charge in [0.1, 0.15) is 30.2 Å². The van der Waals surface area contributed by atoms with Crippen LogP contribution in [0.25, 0.3) is 0 Å². The average Bonchev–Trinajstić information content (AvgIpc) is 3.82. The number of aliphatic hydroxyl groups excluding tert-OH is 1. The maximum absolute atomic E-state index is 15.2. The van der Waals surface area contributed by atoms with E-state index in [0.717, 1.165) is 0 Å². The van der Waals surface area contributed by atoms with E-state index in [0.29, 0.717) is 12.8 Å². The molecule has 0 aromatic rings. The summed E-state index contributed by atoms with van der Waals surface area (Å²) in [6.45, 7) is 11.1. The lowest BCUT2D eigenvalue weighted by molar-refractivity contribution is -0.255. The number of rotatable bonds is 2. The van der Waals surface area contributed by atoms with Gasteiger partial charge >= 0.3 is 17.9 Å². The number of ketones is 2. The molecule has 5 saturated carbocycles. The lowest BCUT2D eigenvalue weighted by Gasteiger charge is -2.63. The molecule has 5 aliphatic carbocycles. The van der Waals surface area contributed by atoms with Gasteiger partial charge in [0.2, 0.25) is 0 Å². The largest absolute Gasteiger partial charge is 0.458 e. The van der Waals surface area contributed by atoms with Crippen LogP contribution < -0.4 is 0 Å². The first-order valence-electron chi connectivity index (χ1n) is 15.8. The van der Waals surface area contributed by atoms with E-state index in [9.17, 15) is 29.4 Å². The van der Waals surface area contributed by atoms with Crippen molar-refractivity contribution in [3.8, 4) is 0 Å². The number of carbonyl (C=O) groups is 5. The van der Waals surface area contributed by atoms with Crippen molar-refractivity contribution in [2.75, 3.05) is 0 Å².